The molecule has 0 aliphatic rings. The number of oxazole rings is 1. The quantitative estimate of drug-likeness (QED) is 0.865. The molecule has 102 valence electrons. The van der Waals surface area contributed by atoms with Crippen molar-refractivity contribution in [1.82, 2.24) is 10.3 Å². The van der Waals surface area contributed by atoms with Crippen LogP contribution in [0, 0.1) is 6.92 Å². The van der Waals surface area contributed by atoms with E-state index in [2.05, 4.69) is 10.3 Å². The number of methoxy groups -OCH3 is 2. The predicted octanol–water partition coefficient (Wildman–Crippen LogP) is 2.29. The van der Waals surface area contributed by atoms with Gasteiger partial charge in [0, 0.05) is 12.1 Å². The largest absolute Gasteiger partial charge is 0.493 e. The monoisotopic (exact) mass is 262 g/mol. The summed E-state index contributed by atoms with van der Waals surface area (Å²) in [5, 5.41) is 3.27. The van der Waals surface area contributed by atoms with Gasteiger partial charge in [-0.15, -0.1) is 0 Å². The van der Waals surface area contributed by atoms with E-state index in [0.29, 0.717) is 19.0 Å². The number of aromatic nitrogens is 1. The van der Waals surface area contributed by atoms with Gasteiger partial charge in [0.15, 0.2) is 11.5 Å². The fourth-order valence-electron chi connectivity index (χ4n) is 1.88. The van der Waals surface area contributed by atoms with Gasteiger partial charge in [0.2, 0.25) is 5.89 Å². The molecule has 0 radical (unpaired) electrons. The van der Waals surface area contributed by atoms with Crippen molar-refractivity contribution >= 4 is 0 Å². The van der Waals surface area contributed by atoms with Crippen molar-refractivity contribution in [3.8, 4) is 11.5 Å². The van der Waals surface area contributed by atoms with Gasteiger partial charge < -0.3 is 19.2 Å². The second-order valence-electron chi connectivity index (χ2n) is 4.12. The molecule has 1 aromatic carbocycles. The van der Waals surface area contributed by atoms with Gasteiger partial charge in [-0.05, 0) is 13.0 Å². The molecule has 0 aliphatic carbocycles. The lowest BCUT2D eigenvalue weighted by Gasteiger charge is -2.12. The number of rotatable bonds is 6. The Labute approximate surface area is 112 Å². The van der Waals surface area contributed by atoms with E-state index in [1.807, 2.05) is 25.1 Å². The van der Waals surface area contributed by atoms with Crippen LogP contribution in [0.2, 0.25) is 0 Å². The first-order chi connectivity index (χ1) is 9.24. The van der Waals surface area contributed by atoms with Gasteiger partial charge >= 0.3 is 0 Å². The molecular weight excluding hydrogens is 244 g/mol. The van der Waals surface area contributed by atoms with Crippen molar-refractivity contribution in [2.75, 3.05) is 14.2 Å². The lowest BCUT2D eigenvalue weighted by molar-refractivity contribution is 0.350. The third-order valence-corrected chi connectivity index (χ3v) is 2.75. The summed E-state index contributed by atoms with van der Waals surface area (Å²) in [5.41, 5.74) is 1.03. The van der Waals surface area contributed by atoms with Crippen LogP contribution in [-0.4, -0.2) is 19.2 Å². The second kappa shape index (κ2) is 6.24. The Balaban J connectivity index is 1.99. The summed E-state index contributed by atoms with van der Waals surface area (Å²) in [6, 6.07) is 5.81. The molecule has 0 saturated carbocycles. The number of para-hydroxylation sites is 1. The SMILES string of the molecule is COc1cccc(CNCc2ncc(C)o2)c1OC. The van der Waals surface area contributed by atoms with Gasteiger partial charge in [-0.3, -0.25) is 0 Å². The molecule has 1 heterocycles. The standard InChI is InChI=1S/C14H18N2O3/c1-10-7-16-13(19-10)9-15-8-11-5-4-6-12(17-2)14(11)18-3/h4-7,15H,8-9H2,1-3H3. The molecule has 1 N–H and O–H groups in total. The first kappa shape index (κ1) is 13.4. The summed E-state index contributed by atoms with van der Waals surface area (Å²) in [4.78, 5) is 4.14. The Morgan fingerprint density at radius 3 is 2.68 bits per heavy atom. The Morgan fingerprint density at radius 2 is 2.05 bits per heavy atom. The average Bonchev–Trinajstić information content (AvgIpc) is 2.84. The number of aryl methyl sites for hydroxylation is 1. The van der Waals surface area contributed by atoms with Crippen molar-refractivity contribution in [3.63, 3.8) is 0 Å². The maximum atomic E-state index is 5.39. The molecule has 0 bridgehead atoms. The van der Waals surface area contributed by atoms with Crippen molar-refractivity contribution in [3.05, 3.63) is 41.6 Å². The molecule has 2 rings (SSSR count). The molecule has 19 heavy (non-hydrogen) atoms. The van der Waals surface area contributed by atoms with Crippen LogP contribution >= 0.6 is 0 Å². The summed E-state index contributed by atoms with van der Waals surface area (Å²) >= 11 is 0. The van der Waals surface area contributed by atoms with Crippen LogP contribution in [0.5, 0.6) is 11.5 Å². The minimum atomic E-state index is 0.578. The minimum Gasteiger partial charge on any atom is -0.493 e. The normalized spacial score (nSPS) is 10.5. The van der Waals surface area contributed by atoms with E-state index >= 15 is 0 Å². The molecule has 0 fully saturated rings. The van der Waals surface area contributed by atoms with Crippen LogP contribution < -0.4 is 14.8 Å². The number of ether oxygens (including phenoxy) is 2. The highest BCUT2D eigenvalue weighted by atomic mass is 16.5. The number of hydrogen-bond acceptors (Lipinski definition) is 5. The highest BCUT2D eigenvalue weighted by Crippen LogP contribution is 2.30. The second-order valence-corrected chi connectivity index (χ2v) is 4.12. The third-order valence-electron chi connectivity index (χ3n) is 2.75. The van der Waals surface area contributed by atoms with E-state index in [9.17, 15) is 0 Å². The number of nitrogens with zero attached hydrogens (tertiary/aromatic N) is 1. The summed E-state index contributed by atoms with van der Waals surface area (Å²) in [6.45, 7) is 3.11. The molecule has 0 aliphatic heterocycles. The van der Waals surface area contributed by atoms with Gasteiger partial charge in [-0.1, -0.05) is 12.1 Å². The van der Waals surface area contributed by atoms with Crippen LogP contribution in [0.4, 0.5) is 0 Å². The van der Waals surface area contributed by atoms with Crippen LogP contribution in [0.3, 0.4) is 0 Å². The van der Waals surface area contributed by atoms with E-state index in [0.717, 1.165) is 22.8 Å². The van der Waals surface area contributed by atoms with Crippen molar-refractivity contribution < 1.29 is 13.9 Å². The molecule has 0 spiro atoms. The fourth-order valence-corrected chi connectivity index (χ4v) is 1.88. The van der Waals surface area contributed by atoms with Crippen molar-refractivity contribution in [2.45, 2.75) is 20.0 Å². The Morgan fingerprint density at radius 1 is 1.21 bits per heavy atom. The first-order valence-electron chi connectivity index (χ1n) is 6.06. The van der Waals surface area contributed by atoms with Gasteiger partial charge in [-0.2, -0.15) is 0 Å². The Hall–Kier alpha value is -2.01. The smallest absolute Gasteiger partial charge is 0.208 e. The molecule has 0 amide bonds. The van der Waals surface area contributed by atoms with E-state index in [4.69, 9.17) is 13.9 Å². The van der Waals surface area contributed by atoms with E-state index in [-0.39, 0.29) is 0 Å². The Kier molecular flexibility index (Phi) is 4.41. The summed E-state index contributed by atoms with van der Waals surface area (Å²) in [7, 11) is 3.27. The molecule has 5 heteroatoms. The van der Waals surface area contributed by atoms with E-state index < -0.39 is 0 Å². The highest BCUT2D eigenvalue weighted by molar-refractivity contribution is 5.46. The summed E-state index contributed by atoms with van der Waals surface area (Å²) in [6.07, 6.45) is 1.71. The van der Waals surface area contributed by atoms with Gasteiger partial charge in [0.25, 0.3) is 0 Å². The number of hydrogen-bond donors (Lipinski definition) is 1. The molecule has 1 aromatic heterocycles. The molecule has 5 nitrogen and oxygen atoms in total. The minimum absolute atomic E-state index is 0.578. The molecule has 0 atom stereocenters. The van der Waals surface area contributed by atoms with Gasteiger partial charge in [0.05, 0.1) is 27.0 Å². The predicted molar refractivity (Wildman–Crippen MR) is 71.3 cm³/mol. The van der Waals surface area contributed by atoms with E-state index in [1.165, 1.54) is 0 Å². The lowest BCUT2D eigenvalue weighted by Crippen LogP contribution is -2.13. The van der Waals surface area contributed by atoms with Crippen LogP contribution in [0.1, 0.15) is 17.2 Å². The fraction of sp³-hybridized carbons (Fsp3) is 0.357. The zero-order valence-corrected chi connectivity index (χ0v) is 11.4. The zero-order valence-electron chi connectivity index (χ0n) is 11.4. The first-order valence-corrected chi connectivity index (χ1v) is 6.06. The maximum absolute atomic E-state index is 5.39. The topological polar surface area (TPSA) is 56.5 Å². The van der Waals surface area contributed by atoms with Crippen molar-refractivity contribution in [2.24, 2.45) is 0 Å². The highest BCUT2D eigenvalue weighted by Gasteiger charge is 2.09. The molecular formula is C14H18N2O3. The molecule has 2 aromatic rings. The molecule has 0 unspecified atom stereocenters. The number of nitrogens with one attached hydrogen (secondary N) is 1. The Bertz CT molecular complexity index is 537. The average molecular weight is 262 g/mol. The van der Waals surface area contributed by atoms with Crippen molar-refractivity contribution in [1.29, 1.82) is 0 Å². The lowest BCUT2D eigenvalue weighted by atomic mass is 10.2. The third kappa shape index (κ3) is 3.26. The zero-order chi connectivity index (χ0) is 13.7. The van der Waals surface area contributed by atoms with Gasteiger partial charge in [0.1, 0.15) is 5.76 Å². The van der Waals surface area contributed by atoms with Crippen LogP contribution in [-0.2, 0) is 13.1 Å². The number of benzene rings is 1. The summed E-state index contributed by atoms with van der Waals surface area (Å²) < 4.78 is 16.0. The molecule has 0 saturated heterocycles. The van der Waals surface area contributed by atoms with Crippen LogP contribution in [0.15, 0.2) is 28.8 Å². The van der Waals surface area contributed by atoms with Gasteiger partial charge in [-0.25, -0.2) is 4.98 Å². The summed E-state index contributed by atoms with van der Waals surface area (Å²) in [5.74, 6) is 2.98. The van der Waals surface area contributed by atoms with E-state index in [1.54, 1.807) is 20.4 Å². The van der Waals surface area contributed by atoms with Crippen LogP contribution in [0.25, 0.3) is 0 Å². The maximum Gasteiger partial charge on any atom is 0.208 e.